The Balaban J connectivity index is 2.58. The molecule has 0 aromatic heterocycles. The SMILES string of the molecule is C=C(Cl)CNCc1cccc(C(=O)O)c1. The lowest BCUT2D eigenvalue weighted by Crippen LogP contribution is -2.14. The van der Waals surface area contributed by atoms with Crippen molar-refractivity contribution in [3.8, 4) is 0 Å². The monoisotopic (exact) mass is 225 g/mol. The zero-order valence-electron chi connectivity index (χ0n) is 8.16. The van der Waals surface area contributed by atoms with Gasteiger partial charge in [-0.3, -0.25) is 0 Å². The standard InChI is InChI=1S/C11H12ClNO2/c1-8(12)6-13-7-9-3-2-4-10(5-9)11(14)15/h2-5,13H,1,6-7H2,(H,14,15). The fourth-order valence-corrected chi connectivity index (χ4v) is 1.25. The summed E-state index contributed by atoms with van der Waals surface area (Å²) in [5.74, 6) is -0.918. The van der Waals surface area contributed by atoms with E-state index in [4.69, 9.17) is 16.7 Å². The number of carbonyl (C=O) groups is 1. The second-order valence-electron chi connectivity index (χ2n) is 3.13. The van der Waals surface area contributed by atoms with Crippen LogP contribution in [0.3, 0.4) is 0 Å². The van der Waals surface area contributed by atoms with Crippen molar-refractivity contribution in [2.75, 3.05) is 6.54 Å². The fraction of sp³-hybridized carbons (Fsp3) is 0.182. The molecule has 4 heteroatoms. The number of nitrogens with one attached hydrogen (secondary N) is 1. The molecule has 3 nitrogen and oxygen atoms in total. The van der Waals surface area contributed by atoms with Crippen LogP contribution in [0.5, 0.6) is 0 Å². The number of rotatable bonds is 5. The molecule has 0 aliphatic carbocycles. The third-order valence-corrected chi connectivity index (χ3v) is 1.95. The van der Waals surface area contributed by atoms with Crippen LogP contribution in [0.2, 0.25) is 0 Å². The lowest BCUT2D eigenvalue weighted by molar-refractivity contribution is 0.0697. The number of halogens is 1. The summed E-state index contributed by atoms with van der Waals surface area (Å²) in [6, 6.07) is 6.77. The fourth-order valence-electron chi connectivity index (χ4n) is 1.16. The van der Waals surface area contributed by atoms with E-state index in [1.165, 1.54) is 0 Å². The summed E-state index contributed by atoms with van der Waals surface area (Å²) in [6.45, 7) is 4.63. The molecule has 1 aromatic rings. The maximum atomic E-state index is 10.7. The van der Waals surface area contributed by atoms with Crippen molar-refractivity contribution >= 4 is 17.6 Å². The molecular weight excluding hydrogens is 214 g/mol. The van der Waals surface area contributed by atoms with E-state index in [9.17, 15) is 4.79 Å². The summed E-state index contributed by atoms with van der Waals surface area (Å²) < 4.78 is 0. The third kappa shape index (κ3) is 4.14. The zero-order valence-corrected chi connectivity index (χ0v) is 8.92. The topological polar surface area (TPSA) is 49.3 Å². The number of carboxylic acid groups (broad SMARTS) is 1. The van der Waals surface area contributed by atoms with Crippen molar-refractivity contribution in [1.29, 1.82) is 0 Å². The van der Waals surface area contributed by atoms with Gasteiger partial charge in [-0.15, -0.1) is 0 Å². The largest absolute Gasteiger partial charge is 0.478 e. The van der Waals surface area contributed by atoms with Gasteiger partial charge in [-0.05, 0) is 17.7 Å². The molecule has 0 unspecified atom stereocenters. The van der Waals surface area contributed by atoms with Gasteiger partial charge in [-0.1, -0.05) is 30.3 Å². The molecule has 0 atom stereocenters. The Morgan fingerprint density at radius 1 is 1.53 bits per heavy atom. The molecule has 2 N–H and O–H groups in total. The van der Waals surface area contributed by atoms with E-state index in [-0.39, 0.29) is 0 Å². The average molecular weight is 226 g/mol. The number of hydrogen-bond donors (Lipinski definition) is 2. The lowest BCUT2D eigenvalue weighted by Gasteiger charge is -2.04. The highest BCUT2D eigenvalue weighted by Gasteiger charge is 2.02. The van der Waals surface area contributed by atoms with Gasteiger partial charge in [-0.25, -0.2) is 4.79 Å². The second kappa shape index (κ2) is 5.53. The third-order valence-electron chi connectivity index (χ3n) is 1.82. The van der Waals surface area contributed by atoms with Crippen molar-refractivity contribution in [2.45, 2.75) is 6.54 Å². The quantitative estimate of drug-likeness (QED) is 0.808. The molecule has 0 bridgehead atoms. The van der Waals surface area contributed by atoms with Gasteiger partial charge in [0.25, 0.3) is 0 Å². The number of benzene rings is 1. The first kappa shape index (κ1) is 11.8. The van der Waals surface area contributed by atoms with Crippen molar-refractivity contribution in [3.05, 3.63) is 47.0 Å². The molecule has 1 rings (SSSR count). The molecule has 0 amide bonds. The molecule has 0 radical (unpaired) electrons. The minimum absolute atomic E-state index is 0.291. The van der Waals surface area contributed by atoms with Gasteiger partial charge in [-0.2, -0.15) is 0 Å². The van der Waals surface area contributed by atoms with E-state index in [0.717, 1.165) is 5.56 Å². The van der Waals surface area contributed by atoms with Crippen LogP contribution in [-0.4, -0.2) is 17.6 Å². The van der Waals surface area contributed by atoms with E-state index in [1.54, 1.807) is 18.2 Å². The van der Waals surface area contributed by atoms with Crippen LogP contribution >= 0.6 is 11.6 Å². The molecule has 0 saturated carbocycles. The first-order valence-electron chi connectivity index (χ1n) is 4.46. The van der Waals surface area contributed by atoms with Gasteiger partial charge in [0.1, 0.15) is 0 Å². The summed E-state index contributed by atoms with van der Waals surface area (Å²) >= 11 is 5.57. The summed E-state index contributed by atoms with van der Waals surface area (Å²) in [5, 5.41) is 12.3. The number of aromatic carboxylic acids is 1. The Bertz CT molecular complexity index is 377. The Hall–Kier alpha value is -1.32. The first-order chi connectivity index (χ1) is 7.09. The predicted octanol–water partition coefficient (Wildman–Crippen LogP) is 2.23. The van der Waals surface area contributed by atoms with Crippen LogP contribution in [0, 0.1) is 0 Å². The maximum Gasteiger partial charge on any atom is 0.335 e. The average Bonchev–Trinajstić information content (AvgIpc) is 2.17. The molecule has 0 aliphatic rings. The molecule has 0 fully saturated rings. The summed E-state index contributed by atoms with van der Waals surface area (Å²) in [4.78, 5) is 10.7. The van der Waals surface area contributed by atoms with E-state index in [2.05, 4.69) is 11.9 Å². The molecule has 1 aromatic carbocycles. The van der Waals surface area contributed by atoms with Crippen LogP contribution < -0.4 is 5.32 Å². The molecule has 0 aliphatic heterocycles. The minimum Gasteiger partial charge on any atom is -0.478 e. The van der Waals surface area contributed by atoms with Gasteiger partial charge in [0.2, 0.25) is 0 Å². The van der Waals surface area contributed by atoms with Crippen LogP contribution in [0.4, 0.5) is 0 Å². The Morgan fingerprint density at radius 2 is 2.27 bits per heavy atom. The van der Waals surface area contributed by atoms with Crippen molar-refractivity contribution in [1.82, 2.24) is 5.32 Å². The maximum absolute atomic E-state index is 10.7. The van der Waals surface area contributed by atoms with Gasteiger partial charge in [0, 0.05) is 18.1 Å². The first-order valence-corrected chi connectivity index (χ1v) is 4.83. The zero-order chi connectivity index (χ0) is 11.3. The number of hydrogen-bond acceptors (Lipinski definition) is 2. The van der Waals surface area contributed by atoms with Crippen LogP contribution in [0.25, 0.3) is 0 Å². The highest BCUT2D eigenvalue weighted by Crippen LogP contribution is 2.05. The normalized spacial score (nSPS) is 9.93. The van der Waals surface area contributed by atoms with Crippen molar-refractivity contribution in [2.24, 2.45) is 0 Å². The molecule has 0 saturated heterocycles. The minimum atomic E-state index is -0.918. The smallest absolute Gasteiger partial charge is 0.335 e. The van der Waals surface area contributed by atoms with Gasteiger partial charge < -0.3 is 10.4 Å². The van der Waals surface area contributed by atoms with Crippen molar-refractivity contribution < 1.29 is 9.90 Å². The van der Waals surface area contributed by atoms with E-state index < -0.39 is 5.97 Å². The van der Waals surface area contributed by atoms with E-state index >= 15 is 0 Å². The van der Waals surface area contributed by atoms with Crippen LogP contribution in [0.15, 0.2) is 35.9 Å². The Kier molecular flexibility index (Phi) is 4.34. The molecule has 0 spiro atoms. The van der Waals surface area contributed by atoms with E-state index in [0.29, 0.717) is 23.7 Å². The second-order valence-corrected chi connectivity index (χ2v) is 3.66. The van der Waals surface area contributed by atoms with E-state index in [1.807, 2.05) is 6.07 Å². The van der Waals surface area contributed by atoms with Crippen molar-refractivity contribution in [3.63, 3.8) is 0 Å². The Morgan fingerprint density at radius 3 is 2.87 bits per heavy atom. The van der Waals surface area contributed by atoms with Crippen LogP contribution in [-0.2, 0) is 6.54 Å². The van der Waals surface area contributed by atoms with Gasteiger partial charge >= 0.3 is 5.97 Å². The highest BCUT2D eigenvalue weighted by atomic mass is 35.5. The summed E-state index contributed by atoms with van der Waals surface area (Å²) in [5.41, 5.74) is 1.20. The molecule has 15 heavy (non-hydrogen) atoms. The predicted molar refractivity (Wildman–Crippen MR) is 60.1 cm³/mol. The Labute approximate surface area is 93.4 Å². The van der Waals surface area contributed by atoms with Gasteiger partial charge in [0.15, 0.2) is 0 Å². The molecule has 80 valence electrons. The lowest BCUT2D eigenvalue weighted by atomic mass is 10.1. The number of carboxylic acids is 1. The summed E-state index contributed by atoms with van der Waals surface area (Å²) in [6.07, 6.45) is 0. The molecule has 0 heterocycles. The van der Waals surface area contributed by atoms with Gasteiger partial charge in [0.05, 0.1) is 5.56 Å². The highest BCUT2D eigenvalue weighted by molar-refractivity contribution is 6.29. The molecular formula is C11H12ClNO2. The van der Waals surface area contributed by atoms with Crippen LogP contribution in [0.1, 0.15) is 15.9 Å². The summed E-state index contributed by atoms with van der Waals surface area (Å²) in [7, 11) is 0.